The van der Waals surface area contributed by atoms with Gasteiger partial charge in [0.25, 0.3) is 5.91 Å². The molecule has 0 unspecified atom stereocenters. The lowest BCUT2D eigenvalue weighted by atomic mass is 10.1. The van der Waals surface area contributed by atoms with E-state index < -0.39 is 0 Å². The molecule has 3 N–H and O–H groups in total. The molecule has 2 rings (SSSR count). The fourth-order valence-corrected chi connectivity index (χ4v) is 2.35. The molecule has 0 atom stereocenters. The van der Waals surface area contributed by atoms with Gasteiger partial charge >= 0.3 is 0 Å². The Hall–Kier alpha value is -2.73. The number of carbonyl (C=O) groups is 2. The maximum absolute atomic E-state index is 12.2. The van der Waals surface area contributed by atoms with Crippen molar-refractivity contribution in [2.45, 2.75) is 13.3 Å². The number of aryl methyl sites for hydroxylation is 1. The summed E-state index contributed by atoms with van der Waals surface area (Å²) in [5, 5.41) is 8.42. The molecule has 0 aromatic heterocycles. The predicted molar refractivity (Wildman–Crippen MR) is 99.1 cm³/mol. The molecule has 124 valence electrons. The third-order valence-electron chi connectivity index (χ3n) is 3.47. The Labute approximate surface area is 146 Å². The summed E-state index contributed by atoms with van der Waals surface area (Å²) in [6.45, 7) is 1.87. The summed E-state index contributed by atoms with van der Waals surface area (Å²) in [4.78, 5) is 23.5. The molecule has 0 saturated carbocycles. The number of carbonyl (C=O) groups excluding carboxylic acids is 2. The average molecular weight is 341 g/mol. The number of thiocarbonyl (C=S) groups is 1. The molecule has 5 nitrogen and oxygen atoms in total. The average Bonchev–Trinajstić information content (AvgIpc) is 2.56. The summed E-state index contributed by atoms with van der Waals surface area (Å²) in [6.07, 6.45) is 0.325. The van der Waals surface area contributed by atoms with Gasteiger partial charge in [0, 0.05) is 18.3 Å². The highest BCUT2D eigenvalue weighted by atomic mass is 32.1. The van der Waals surface area contributed by atoms with Crippen molar-refractivity contribution in [1.29, 1.82) is 0 Å². The van der Waals surface area contributed by atoms with Gasteiger partial charge in [-0.2, -0.15) is 0 Å². The van der Waals surface area contributed by atoms with Gasteiger partial charge in [0.2, 0.25) is 5.91 Å². The van der Waals surface area contributed by atoms with Crippen molar-refractivity contribution in [2.75, 3.05) is 12.4 Å². The zero-order valence-electron chi connectivity index (χ0n) is 13.6. The first-order valence-corrected chi connectivity index (χ1v) is 7.88. The molecule has 6 heteroatoms. The maximum atomic E-state index is 12.2. The van der Waals surface area contributed by atoms with Crippen LogP contribution in [0.1, 0.15) is 21.5 Å². The monoisotopic (exact) mass is 341 g/mol. The number of anilines is 1. The molecule has 0 aliphatic rings. The van der Waals surface area contributed by atoms with Crippen LogP contribution in [0.25, 0.3) is 0 Å². The number of nitrogens with one attached hydrogen (secondary N) is 3. The van der Waals surface area contributed by atoms with E-state index in [0.717, 1.165) is 16.8 Å². The Balaban J connectivity index is 1.94. The molecular weight excluding hydrogens is 322 g/mol. The summed E-state index contributed by atoms with van der Waals surface area (Å²) in [7, 11) is 1.60. The first kappa shape index (κ1) is 17.6. The first-order valence-electron chi connectivity index (χ1n) is 7.47. The number of amides is 2. The van der Waals surface area contributed by atoms with Gasteiger partial charge in [-0.25, -0.2) is 0 Å². The van der Waals surface area contributed by atoms with E-state index in [4.69, 9.17) is 12.2 Å². The predicted octanol–water partition coefficient (Wildman–Crippen LogP) is 2.41. The Bertz CT molecular complexity index is 757. The molecule has 0 spiro atoms. The van der Waals surface area contributed by atoms with E-state index in [9.17, 15) is 9.59 Å². The van der Waals surface area contributed by atoms with Crippen molar-refractivity contribution in [2.24, 2.45) is 0 Å². The van der Waals surface area contributed by atoms with Crippen molar-refractivity contribution in [1.82, 2.24) is 10.6 Å². The highest BCUT2D eigenvalue weighted by Gasteiger charge is 2.10. The summed E-state index contributed by atoms with van der Waals surface area (Å²) < 4.78 is 0. The minimum Gasteiger partial charge on any atom is -0.359 e. The van der Waals surface area contributed by atoms with Gasteiger partial charge in [0.1, 0.15) is 0 Å². The van der Waals surface area contributed by atoms with E-state index in [1.807, 2.05) is 49.4 Å². The number of hydrogen-bond acceptors (Lipinski definition) is 3. The largest absolute Gasteiger partial charge is 0.359 e. The minimum absolute atomic E-state index is 0.0447. The summed E-state index contributed by atoms with van der Waals surface area (Å²) in [5.41, 5.74) is 3.11. The molecule has 0 fully saturated rings. The SMILES string of the molecule is CNC(=O)Cc1ccc(NC(=S)NC(=O)c2ccccc2C)cc1. The Morgan fingerprint density at radius 3 is 2.33 bits per heavy atom. The third kappa shape index (κ3) is 4.89. The topological polar surface area (TPSA) is 70.2 Å². The lowest BCUT2D eigenvalue weighted by Crippen LogP contribution is -2.34. The Kier molecular flexibility index (Phi) is 6.03. The Morgan fingerprint density at radius 1 is 1.04 bits per heavy atom. The first-order chi connectivity index (χ1) is 11.5. The number of hydrogen-bond donors (Lipinski definition) is 3. The van der Waals surface area contributed by atoms with Gasteiger partial charge in [0.15, 0.2) is 5.11 Å². The van der Waals surface area contributed by atoms with Crippen molar-refractivity contribution in [3.8, 4) is 0 Å². The van der Waals surface area contributed by atoms with Crippen LogP contribution in [0.4, 0.5) is 5.69 Å². The highest BCUT2D eigenvalue weighted by Crippen LogP contribution is 2.11. The van der Waals surface area contributed by atoms with Crippen LogP contribution in [0, 0.1) is 6.92 Å². The van der Waals surface area contributed by atoms with E-state index in [1.54, 1.807) is 13.1 Å². The summed E-state index contributed by atoms with van der Waals surface area (Å²) in [5.74, 6) is -0.293. The van der Waals surface area contributed by atoms with Crippen LogP contribution < -0.4 is 16.0 Å². The number of benzene rings is 2. The molecular formula is C18H19N3O2S. The van der Waals surface area contributed by atoms with Crippen molar-refractivity contribution >= 4 is 34.8 Å². The number of likely N-dealkylation sites (N-methyl/N-ethyl adjacent to an activating group) is 1. The molecule has 0 aliphatic carbocycles. The van der Waals surface area contributed by atoms with Gasteiger partial charge < -0.3 is 10.6 Å². The van der Waals surface area contributed by atoms with Gasteiger partial charge in [-0.15, -0.1) is 0 Å². The van der Waals surface area contributed by atoms with Crippen LogP contribution in [0.5, 0.6) is 0 Å². The van der Waals surface area contributed by atoms with Gasteiger partial charge in [0.05, 0.1) is 6.42 Å². The smallest absolute Gasteiger partial charge is 0.257 e. The molecule has 2 aromatic rings. The second kappa shape index (κ2) is 8.21. The van der Waals surface area contributed by atoms with Gasteiger partial charge in [-0.1, -0.05) is 30.3 Å². The second-order valence-electron chi connectivity index (χ2n) is 5.27. The minimum atomic E-state index is -0.248. The zero-order chi connectivity index (χ0) is 17.5. The van der Waals surface area contributed by atoms with Crippen LogP contribution in [-0.4, -0.2) is 24.0 Å². The van der Waals surface area contributed by atoms with E-state index in [0.29, 0.717) is 12.0 Å². The van der Waals surface area contributed by atoms with Crippen LogP contribution in [0.15, 0.2) is 48.5 Å². The highest BCUT2D eigenvalue weighted by molar-refractivity contribution is 7.80. The van der Waals surface area contributed by atoms with Crippen LogP contribution in [0.3, 0.4) is 0 Å². The third-order valence-corrected chi connectivity index (χ3v) is 3.68. The second-order valence-corrected chi connectivity index (χ2v) is 5.68. The van der Waals surface area contributed by atoms with Crippen LogP contribution in [-0.2, 0) is 11.2 Å². The fraction of sp³-hybridized carbons (Fsp3) is 0.167. The normalized spacial score (nSPS) is 9.92. The molecule has 24 heavy (non-hydrogen) atoms. The number of rotatable bonds is 4. The van der Waals surface area contributed by atoms with Gasteiger partial charge in [-0.3, -0.25) is 14.9 Å². The lowest BCUT2D eigenvalue weighted by Gasteiger charge is -2.11. The van der Waals surface area contributed by atoms with Crippen LogP contribution >= 0.6 is 12.2 Å². The standard InChI is InChI=1S/C18H19N3O2S/c1-12-5-3-4-6-15(12)17(23)21-18(24)20-14-9-7-13(8-10-14)11-16(22)19-2/h3-10H,11H2,1-2H3,(H,19,22)(H2,20,21,23,24). The summed E-state index contributed by atoms with van der Waals surface area (Å²) in [6, 6.07) is 14.6. The fourth-order valence-electron chi connectivity index (χ4n) is 2.14. The zero-order valence-corrected chi connectivity index (χ0v) is 14.4. The van der Waals surface area contributed by atoms with Crippen molar-refractivity contribution < 1.29 is 9.59 Å². The quantitative estimate of drug-likeness (QED) is 0.747. The van der Waals surface area contributed by atoms with E-state index >= 15 is 0 Å². The lowest BCUT2D eigenvalue weighted by molar-refractivity contribution is -0.119. The molecule has 0 bridgehead atoms. The van der Waals surface area contributed by atoms with Crippen LogP contribution in [0.2, 0.25) is 0 Å². The molecule has 0 saturated heterocycles. The Morgan fingerprint density at radius 2 is 1.71 bits per heavy atom. The molecule has 0 heterocycles. The van der Waals surface area contributed by atoms with E-state index in [-0.39, 0.29) is 16.9 Å². The molecule has 2 aromatic carbocycles. The van der Waals surface area contributed by atoms with Crippen molar-refractivity contribution in [3.05, 3.63) is 65.2 Å². The van der Waals surface area contributed by atoms with E-state index in [2.05, 4.69) is 16.0 Å². The maximum Gasteiger partial charge on any atom is 0.257 e. The summed E-state index contributed by atoms with van der Waals surface area (Å²) >= 11 is 5.17. The van der Waals surface area contributed by atoms with Gasteiger partial charge in [-0.05, 0) is 48.5 Å². The molecule has 0 radical (unpaired) electrons. The molecule has 0 aliphatic heterocycles. The molecule has 2 amide bonds. The van der Waals surface area contributed by atoms with Crippen molar-refractivity contribution in [3.63, 3.8) is 0 Å². The van der Waals surface area contributed by atoms with E-state index in [1.165, 1.54) is 0 Å².